The average Bonchev–Trinajstić information content (AvgIpc) is 2.51. The molecule has 0 aliphatic heterocycles. The van der Waals surface area contributed by atoms with Crippen LogP contribution in [0.4, 0.5) is 4.79 Å². The second-order valence-corrected chi connectivity index (χ2v) is 4.62. The molecular weight excluding hydrogens is 266 g/mol. The van der Waals surface area contributed by atoms with Crippen LogP contribution in [0.3, 0.4) is 0 Å². The average molecular weight is 285 g/mol. The van der Waals surface area contributed by atoms with Crippen LogP contribution in [0.15, 0.2) is 42.6 Å². The van der Waals surface area contributed by atoms with Gasteiger partial charge in [-0.05, 0) is 54.0 Å². The molecule has 110 valence electrons. The minimum absolute atomic E-state index is 0.358. The van der Waals surface area contributed by atoms with Gasteiger partial charge in [-0.1, -0.05) is 18.2 Å². The van der Waals surface area contributed by atoms with Crippen molar-refractivity contribution < 1.29 is 14.3 Å². The van der Waals surface area contributed by atoms with E-state index in [0.717, 1.165) is 27.7 Å². The highest BCUT2D eigenvalue weighted by Crippen LogP contribution is 2.24. The van der Waals surface area contributed by atoms with Crippen LogP contribution < -0.4 is 10.1 Å². The largest absolute Gasteiger partial charge is 0.497 e. The molecule has 0 aliphatic rings. The molecule has 0 heterocycles. The minimum Gasteiger partial charge on any atom is -0.497 e. The molecule has 0 radical (unpaired) electrons. The summed E-state index contributed by atoms with van der Waals surface area (Å²) in [7, 11) is 1.66. The summed E-state index contributed by atoms with van der Waals surface area (Å²) < 4.78 is 10.0. The summed E-state index contributed by atoms with van der Waals surface area (Å²) in [4.78, 5) is 11.3. The highest BCUT2D eigenvalue weighted by atomic mass is 16.5. The zero-order valence-electron chi connectivity index (χ0n) is 12.5. The molecule has 0 aromatic heterocycles. The Morgan fingerprint density at radius 1 is 1.19 bits per heavy atom. The third-order valence-electron chi connectivity index (χ3n) is 3.18. The second-order valence-electron chi connectivity index (χ2n) is 4.62. The Bertz CT molecular complexity index is 677. The number of nitrogens with one attached hydrogen (secondary N) is 1. The van der Waals surface area contributed by atoms with Crippen LogP contribution in [0.25, 0.3) is 16.3 Å². The van der Waals surface area contributed by atoms with Crippen molar-refractivity contribution in [3.8, 4) is 5.75 Å². The summed E-state index contributed by atoms with van der Waals surface area (Å²) in [6, 6.07) is 12.1. The lowest BCUT2D eigenvalue weighted by atomic mass is 10.0. The Morgan fingerprint density at radius 2 is 1.90 bits per heavy atom. The monoisotopic (exact) mass is 285 g/mol. The molecule has 2 rings (SSSR count). The van der Waals surface area contributed by atoms with Crippen LogP contribution >= 0.6 is 0 Å². The summed E-state index contributed by atoms with van der Waals surface area (Å²) in [5, 5.41) is 4.84. The fourth-order valence-electron chi connectivity index (χ4n) is 2.02. The molecule has 0 unspecified atom stereocenters. The number of ether oxygens (including phenoxy) is 2. The molecule has 1 amide bonds. The van der Waals surface area contributed by atoms with Gasteiger partial charge in [0.25, 0.3) is 0 Å². The summed E-state index contributed by atoms with van der Waals surface area (Å²) in [5.74, 6) is 0.839. The zero-order valence-corrected chi connectivity index (χ0v) is 12.5. The second kappa shape index (κ2) is 6.79. The number of methoxy groups -OCH3 is 1. The van der Waals surface area contributed by atoms with Crippen molar-refractivity contribution in [2.75, 3.05) is 13.7 Å². The molecule has 2 aromatic rings. The number of carbonyl (C=O) groups is 1. The highest BCUT2D eigenvalue weighted by molar-refractivity contribution is 5.87. The van der Waals surface area contributed by atoms with Gasteiger partial charge < -0.3 is 9.47 Å². The highest BCUT2D eigenvalue weighted by Gasteiger charge is 2.02. The first-order valence-corrected chi connectivity index (χ1v) is 6.82. The van der Waals surface area contributed by atoms with Gasteiger partial charge in [0.2, 0.25) is 0 Å². The maximum Gasteiger partial charge on any atom is 0.411 e. The number of fused-ring (bicyclic) bond motifs is 1. The molecule has 21 heavy (non-hydrogen) atoms. The first-order chi connectivity index (χ1) is 10.1. The lowest BCUT2D eigenvalue weighted by Crippen LogP contribution is -2.18. The fourth-order valence-corrected chi connectivity index (χ4v) is 2.02. The van der Waals surface area contributed by atoms with Crippen molar-refractivity contribution in [1.82, 2.24) is 5.32 Å². The fraction of sp³-hybridized carbons (Fsp3) is 0.235. The Kier molecular flexibility index (Phi) is 4.82. The van der Waals surface area contributed by atoms with Gasteiger partial charge in [0, 0.05) is 6.20 Å². The van der Waals surface area contributed by atoms with E-state index < -0.39 is 6.09 Å². The summed E-state index contributed by atoms with van der Waals surface area (Å²) in [6.45, 7) is 4.07. The minimum atomic E-state index is -0.442. The summed E-state index contributed by atoms with van der Waals surface area (Å²) in [6.07, 6.45) is 1.21. The Balaban J connectivity index is 2.22. The van der Waals surface area contributed by atoms with Crippen molar-refractivity contribution >= 4 is 22.4 Å². The molecular formula is C17H19NO3. The molecule has 0 fully saturated rings. The first kappa shape index (κ1) is 14.9. The van der Waals surface area contributed by atoms with E-state index in [9.17, 15) is 4.79 Å². The Morgan fingerprint density at radius 3 is 2.62 bits per heavy atom. The standard InChI is InChI=1S/C17H19NO3/c1-4-21-17(19)18-11-12(2)13-5-6-15-10-16(20-3)8-7-14(15)9-13/h5-11H,4H2,1-3H3,(H,18,19)/b12-11+. The molecule has 0 saturated carbocycles. The van der Waals surface area contributed by atoms with E-state index in [1.54, 1.807) is 20.2 Å². The van der Waals surface area contributed by atoms with E-state index >= 15 is 0 Å². The van der Waals surface area contributed by atoms with Crippen LogP contribution in [0, 0.1) is 0 Å². The van der Waals surface area contributed by atoms with Crippen molar-refractivity contribution in [1.29, 1.82) is 0 Å². The van der Waals surface area contributed by atoms with E-state index in [4.69, 9.17) is 9.47 Å². The predicted octanol–water partition coefficient (Wildman–Crippen LogP) is 3.96. The summed E-state index contributed by atoms with van der Waals surface area (Å²) in [5.41, 5.74) is 2.00. The molecule has 4 nitrogen and oxygen atoms in total. The molecule has 2 aromatic carbocycles. The molecule has 0 spiro atoms. The number of rotatable bonds is 4. The van der Waals surface area contributed by atoms with Gasteiger partial charge in [0.1, 0.15) is 5.75 Å². The number of carbonyl (C=O) groups excluding carboxylic acids is 1. The van der Waals surface area contributed by atoms with Crippen LogP contribution in [0.2, 0.25) is 0 Å². The van der Waals surface area contributed by atoms with Crippen LogP contribution in [-0.4, -0.2) is 19.8 Å². The molecule has 1 N–H and O–H groups in total. The van der Waals surface area contributed by atoms with Crippen molar-refractivity contribution in [3.05, 3.63) is 48.2 Å². The maximum absolute atomic E-state index is 11.3. The van der Waals surface area contributed by atoms with Gasteiger partial charge >= 0.3 is 6.09 Å². The van der Waals surface area contributed by atoms with Crippen molar-refractivity contribution in [2.45, 2.75) is 13.8 Å². The molecule has 0 aliphatic carbocycles. The normalized spacial score (nSPS) is 11.3. The van der Waals surface area contributed by atoms with Gasteiger partial charge in [-0.2, -0.15) is 0 Å². The maximum atomic E-state index is 11.3. The Hall–Kier alpha value is -2.49. The topological polar surface area (TPSA) is 47.6 Å². The van der Waals surface area contributed by atoms with E-state index in [1.807, 2.05) is 37.3 Å². The van der Waals surface area contributed by atoms with Crippen LogP contribution in [-0.2, 0) is 4.74 Å². The summed E-state index contributed by atoms with van der Waals surface area (Å²) >= 11 is 0. The number of alkyl carbamates (subject to hydrolysis) is 1. The molecule has 0 bridgehead atoms. The SMILES string of the molecule is CCOC(=O)N/C=C(\C)c1ccc2cc(OC)ccc2c1. The van der Waals surface area contributed by atoms with Gasteiger partial charge in [-0.25, -0.2) is 4.79 Å². The van der Waals surface area contributed by atoms with Gasteiger partial charge in [-0.15, -0.1) is 0 Å². The smallest absolute Gasteiger partial charge is 0.411 e. The van der Waals surface area contributed by atoms with Crippen molar-refractivity contribution in [2.24, 2.45) is 0 Å². The Labute approximate surface area is 124 Å². The molecule has 0 saturated heterocycles. The lowest BCUT2D eigenvalue weighted by Gasteiger charge is -2.07. The van der Waals surface area contributed by atoms with E-state index in [0.29, 0.717) is 6.61 Å². The number of hydrogen-bond donors (Lipinski definition) is 1. The first-order valence-electron chi connectivity index (χ1n) is 6.82. The van der Waals surface area contributed by atoms with Crippen LogP contribution in [0.1, 0.15) is 19.4 Å². The van der Waals surface area contributed by atoms with E-state index in [2.05, 4.69) is 11.4 Å². The number of allylic oxidation sites excluding steroid dienone is 1. The van der Waals surface area contributed by atoms with Gasteiger partial charge in [0.15, 0.2) is 0 Å². The lowest BCUT2D eigenvalue weighted by molar-refractivity contribution is 0.156. The third kappa shape index (κ3) is 3.75. The van der Waals surface area contributed by atoms with Crippen LogP contribution in [0.5, 0.6) is 5.75 Å². The van der Waals surface area contributed by atoms with Gasteiger partial charge in [0.05, 0.1) is 13.7 Å². The number of amides is 1. The zero-order chi connectivity index (χ0) is 15.2. The molecule has 4 heteroatoms. The number of hydrogen-bond acceptors (Lipinski definition) is 3. The molecule has 0 atom stereocenters. The predicted molar refractivity (Wildman–Crippen MR) is 84.3 cm³/mol. The quantitative estimate of drug-likeness (QED) is 0.925. The third-order valence-corrected chi connectivity index (χ3v) is 3.18. The van der Waals surface area contributed by atoms with Crippen molar-refractivity contribution in [3.63, 3.8) is 0 Å². The van der Waals surface area contributed by atoms with E-state index in [1.165, 1.54) is 0 Å². The van der Waals surface area contributed by atoms with E-state index in [-0.39, 0.29) is 0 Å². The van der Waals surface area contributed by atoms with Gasteiger partial charge in [-0.3, -0.25) is 5.32 Å². The number of benzene rings is 2.